The summed E-state index contributed by atoms with van der Waals surface area (Å²) in [6.07, 6.45) is 1.35. The lowest BCUT2D eigenvalue weighted by atomic mass is 9.91. The van der Waals surface area contributed by atoms with Gasteiger partial charge in [0.25, 0.3) is 0 Å². The van der Waals surface area contributed by atoms with Crippen molar-refractivity contribution in [1.82, 2.24) is 4.90 Å². The fourth-order valence-corrected chi connectivity index (χ4v) is 4.06. The number of rotatable bonds is 5. The van der Waals surface area contributed by atoms with Gasteiger partial charge in [-0.25, -0.2) is 0 Å². The molecule has 1 N–H and O–H groups in total. The molecule has 0 radical (unpaired) electrons. The molecule has 2 aliphatic rings. The predicted octanol–water partition coefficient (Wildman–Crippen LogP) is 3.37. The number of piperidine rings is 1. The van der Waals surface area contributed by atoms with Crippen LogP contribution in [0.3, 0.4) is 0 Å². The van der Waals surface area contributed by atoms with Crippen molar-refractivity contribution in [3.8, 4) is 11.5 Å². The van der Waals surface area contributed by atoms with E-state index in [1.54, 1.807) is 0 Å². The SMILES string of the molecule is CN(C)c1ccc(C(c2ccc3c(c2)OCO3)N2CCC(C(=O)O)CC2)cc1. The van der Waals surface area contributed by atoms with Gasteiger partial charge in [-0.2, -0.15) is 0 Å². The minimum absolute atomic E-state index is 0.0560. The third kappa shape index (κ3) is 3.64. The summed E-state index contributed by atoms with van der Waals surface area (Å²) < 4.78 is 11.0. The molecule has 0 saturated carbocycles. The molecule has 0 aliphatic carbocycles. The highest BCUT2D eigenvalue weighted by molar-refractivity contribution is 5.70. The normalized spacial score (nSPS) is 18.1. The Morgan fingerprint density at radius 2 is 1.68 bits per heavy atom. The summed E-state index contributed by atoms with van der Waals surface area (Å²) in [5, 5.41) is 9.33. The number of nitrogens with zero attached hydrogens (tertiary/aromatic N) is 2. The van der Waals surface area contributed by atoms with Crippen LogP contribution in [0.5, 0.6) is 11.5 Å². The quantitative estimate of drug-likeness (QED) is 0.856. The van der Waals surface area contributed by atoms with E-state index in [0.29, 0.717) is 12.8 Å². The van der Waals surface area contributed by atoms with Crippen LogP contribution in [0.15, 0.2) is 42.5 Å². The zero-order valence-corrected chi connectivity index (χ0v) is 16.3. The number of fused-ring (bicyclic) bond motifs is 1. The summed E-state index contributed by atoms with van der Waals surface area (Å²) in [6.45, 7) is 1.77. The number of anilines is 1. The van der Waals surface area contributed by atoms with Gasteiger partial charge in [0.15, 0.2) is 11.5 Å². The Morgan fingerprint density at radius 3 is 2.32 bits per heavy atom. The molecule has 1 unspecified atom stereocenters. The Bertz CT molecular complexity index is 842. The van der Waals surface area contributed by atoms with E-state index in [1.165, 1.54) is 5.56 Å². The average molecular weight is 382 g/mol. The standard InChI is InChI=1S/C22H26N2O4/c1-23(2)18-6-3-15(4-7-18)21(24-11-9-16(10-12-24)22(25)26)17-5-8-19-20(13-17)28-14-27-19/h3-8,13,16,21H,9-12,14H2,1-2H3,(H,25,26). The third-order valence-corrected chi connectivity index (χ3v) is 5.68. The molecule has 0 spiro atoms. The van der Waals surface area contributed by atoms with Crippen LogP contribution in [0.1, 0.15) is 30.0 Å². The molecule has 1 atom stereocenters. The molecule has 6 heteroatoms. The molecule has 2 aromatic carbocycles. The van der Waals surface area contributed by atoms with Crippen LogP contribution in [-0.4, -0.2) is 50.0 Å². The zero-order valence-electron chi connectivity index (χ0n) is 16.3. The predicted molar refractivity (Wildman–Crippen MR) is 107 cm³/mol. The minimum atomic E-state index is -0.686. The number of likely N-dealkylation sites (tertiary alicyclic amines) is 1. The van der Waals surface area contributed by atoms with Crippen LogP contribution >= 0.6 is 0 Å². The molecule has 2 aromatic rings. The number of carboxylic acids is 1. The van der Waals surface area contributed by atoms with Crippen molar-refractivity contribution in [2.24, 2.45) is 5.92 Å². The number of carboxylic acid groups (broad SMARTS) is 1. The van der Waals surface area contributed by atoms with Gasteiger partial charge in [-0.1, -0.05) is 18.2 Å². The Labute approximate surface area is 165 Å². The van der Waals surface area contributed by atoms with E-state index in [-0.39, 0.29) is 18.8 Å². The fourth-order valence-electron chi connectivity index (χ4n) is 4.06. The first-order chi connectivity index (χ1) is 13.5. The first-order valence-corrected chi connectivity index (χ1v) is 9.66. The molecule has 0 aromatic heterocycles. The smallest absolute Gasteiger partial charge is 0.306 e. The summed E-state index contributed by atoms with van der Waals surface area (Å²) >= 11 is 0. The van der Waals surface area contributed by atoms with E-state index in [0.717, 1.165) is 35.8 Å². The number of hydrogen-bond acceptors (Lipinski definition) is 5. The molecule has 0 bridgehead atoms. The van der Waals surface area contributed by atoms with Crippen LogP contribution in [0.2, 0.25) is 0 Å². The maximum Gasteiger partial charge on any atom is 0.306 e. The summed E-state index contributed by atoms with van der Waals surface area (Å²) in [6, 6.07) is 14.7. The maximum atomic E-state index is 11.3. The van der Waals surface area contributed by atoms with Gasteiger partial charge in [0, 0.05) is 19.8 Å². The highest BCUT2D eigenvalue weighted by Gasteiger charge is 2.31. The van der Waals surface area contributed by atoms with Gasteiger partial charge < -0.3 is 19.5 Å². The molecule has 6 nitrogen and oxygen atoms in total. The average Bonchev–Trinajstić information content (AvgIpc) is 3.17. The van der Waals surface area contributed by atoms with Crippen LogP contribution < -0.4 is 14.4 Å². The Morgan fingerprint density at radius 1 is 1.04 bits per heavy atom. The van der Waals surface area contributed by atoms with E-state index in [2.05, 4.69) is 46.2 Å². The van der Waals surface area contributed by atoms with Gasteiger partial charge in [0.05, 0.1) is 12.0 Å². The number of hydrogen-bond donors (Lipinski definition) is 1. The maximum absolute atomic E-state index is 11.3. The third-order valence-electron chi connectivity index (χ3n) is 5.68. The van der Waals surface area contributed by atoms with Crippen molar-refractivity contribution in [2.75, 3.05) is 38.9 Å². The van der Waals surface area contributed by atoms with Gasteiger partial charge in [-0.3, -0.25) is 9.69 Å². The van der Waals surface area contributed by atoms with Gasteiger partial charge >= 0.3 is 5.97 Å². The minimum Gasteiger partial charge on any atom is -0.481 e. The Balaban J connectivity index is 1.66. The van der Waals surface area contributed by atoms with Crippen molar-refractivity contribution in [2.45, 2.75) is 18.9 Å². The number of carbonyl (C=O) groups is 1. The van der Waals surface area contributed by atoms with Crippen molar-refractivity contribution in [1.29, 1.82) is 0 Å². The van der Waals surface area contributed by atoms with E-state index < -0.39 is 5.97 Å². The highest BCUT2D eigenvalue weighted by atomic mass is 16.7. The molecule has 28 heavy (non-hydrogen) atoms. The van der Waals surface area contributed by atoms with E-state index >= 15 is 0 Å². The first-order valence-electron chi connectivity index (χ1n) is 9.66. The molecule has 2 aliphatic heterocycles. The molecular formula is C22H26N2O4. The number of aliphatic carboxylic acids is 1. The summed E-state index contributed by atoms with van der Waals surface area (Å²) in [4.78, 5) is 15.8. The van der Waals surface area contributed by atoms with Crippen LogP contribution in [0.4, 0.5) is 5.69 Å². The summed E-state index contributed by atoms with van der Waals surface area (Å²) in [5.74, 6) is 0.613. The monoisotopic (exact) mass is 382 g/mol. The van der Waals surface area contributed by atoms with Crippen LogP contribution in [0.25, 0.3) is 0 Å². The zero-order chi connectivity index (χ0) is 19.7. The van der Waals surface area contributed by atoms with Gasteiger partial charge in [0.1, 0.15) is 0 Å². The van der Waals surface area contributed by atoms with Crippen LogP contribution in [-0.2, 0) is 4.79 Å². The van der Waals surface area contributed by atoms with Gasteiger partial charge in [-0.05, 0) is 61.3 Å². The lowest BCUT2D eigenvalue weighted by Gasteiger charge is -2.37. The second-order valence-electron chi connectivity index (χ2n) is 7.65. The second-order valence-corrected chi connectivity index (χ2v) is 7.65. The topological polar surface area (TPSA) is 62.2 Å². The first kappa shape index (κ1) is 18.6. The Kier molecular flexibility index (Phi) is 5.13. The lowest BCUT2D eigenvalue weighted by molar-refractivity contribution is -0.143. The summed E-state index contributed by atoms with van der Waals surface area (Å²) in [7, 11) is 4.06. The number of ether oxygens (including phenoxy) is 2. The second kappa shape index (κ2) is 7.72. The van der Waals surface area contributed by atoms with E-state index in [1.807, 2.05) is 20.2 Å². The molecule has 148 valence electrons. The van der Waals surface area contributed by atoms with E-state index in [4.69, 9.17) is 9.47 Å². The van der Waals surface area contributed by atoms with Crippen molar-refractivity contribution in [3.05, 3.63) is 53.6 Å². The van der Waals surface area contributed by atoms with Crippen molar-refractivity contribution >= 4 is 11.7 Å². The largest absolute Gasteiger partial charge is 0.481 e. The fraction of sp³-hybridized carbons (Fsp3) is 0.409. The van der Waals surface area contributed by atoms with Gasteiger partial charge in [0.2, 0.25) is 6.79 Å². The molecule has 1 saturated heterocycles. The van der Waals surface area contributed by atoms with E-state index in [9.17, 15) is 9.90 Å². The summed E-state index contributed by atoms with van der Waals surface area (Å²) in [5.41, 5.74) is 3.48. The number of benzene rings is 2. The van der Waals surface area contributed by atoms with Crippen molar-refractivity contribution < 1.29 is 19.4 Å². The van der Waals surface area contributed by atoms with Crippen molar-refractivity contribution in [3.63, 3.8) is 0 Å². The van der Waals surface area contributed by atoms with Crippen LogP contribution in [0, 0.1) is 5.92 Å². The molecule has 1 fully saturated rings. The van der Waals surface area contributed by atoms with Gasteiger partial charge in [-0.15, -0.1) is 0 Å². The Hall–Kier alpha value is -2.73. The molecular weight excluding hydrogens is 356 g/mol. The molecule has 0 amide bonds. The highest BCUT2D eigenvalue weighted by Crippen LogP contribution is 2.39. The molecule has 2 heterocycles. The molecule has 4 rings (SSSR count). The lowest BCUT2D eigenvalue weighted by Crippen LogP contribution is -2.39.